The molecule has 1 aliphatic rings. The number of fused-ring (bicyclic) bond motifs is 2. The minimum atomic E-state index is -4.54. The van der Waals surface area contributed by atoms with Gasteiger partial charge in [0.1, 0.15) is 29.2 Å². The van der Waals surface area contributed by atoms with Gasteiger partial charge >= 0.3 is 6.18 Å². The Bertz CT molecular complexity index is 1690. The van der Waals surface area contributed by atoms with Crippen LogP contribution in [0.25, 0.3) is 33.5 Å². The number of imidazole rings is 2. The van der Waals surface area contributed by atoms with Crippen molar-refractivity contribution >= 4 is 39.3 Å². The molecule has 3 aromatic carbocycles. The molecule has 1 amide bonds. The normalized spacial score (nSPS) is 14.6. The first-order valence-corrected chi connectivity index (χ1v) is 13.3. The standard InChI is InChI=1S/C29H28F3N7O2/c1-18(40)33-20-10-8-19(9-11-20)27-34-21-4-2-6-23(25(21)36-27)39-14-12-38(13-15-39)16-17-41-24-7-3-5-22-26(24)37-28(35-22)29(30,31)32/h2-11H,12-17H2,1H3,(H,33,40)(H,34,36)(H,35,37). The Kier molecular flexibility index (Phi) is 7.00. The Balaban J connectivity index is 1.07. The number of alkyl halides is 3. The van der Waals surface area contributed by atoms with Crippen LogP contribution in [0.3, 0.4) is 0 Å². The molecule has 0 saturated carbocycles. The fraction of sp³-hybridized carbons (Fsp3) is 0.276. The van der Waals surface area contributed by atoms with E-state index in [1.54, 1.807) is 18.2 Å². The van der Waals surface area contributed by atoms with E-state index in [2.05, 4.69) is 36.1 Å². The number of anilines is 2. The van der Waals surface area contributed by atoms with E-state index in [1.807, 2.05) is 36.4 Å². The summed E-state index contributed by atoms with van der Waals surface area (Å²) in [7, 11) is 0. The fourth-order valence-corrected chi connectivity index (χ4v) is 5.08. The number of hydrogen-bond donors (Lipinski definition) is 3. The third-order valence-corrected chi connectivity index (χ3v) is 7.09. The molecule has 0 aliphatic carbocycles. The maximum Gasteiger partial charge on any atom is 0.449 e. The third kappa shape index (κ3) is 5.68. The molecule has 9 nitrogen and oxygen atoms in total. The van der Waals surface area contributed by atoms with Gasteiger partial charge in [-0.1, -0.05) is 12.1 Å². The Hall–Kier alpha value is -4.58. The van der Waals surface area contributed by atoms with Gasteiger partial charge in [-0.2, -0.15) is 13.2 Å². The van der Waals surface area contributed by atoms with Crippen LogP contribution in [0.5, 0.6) is 5.75 Å². The molecule has 41 heavy (non-hydrogen) atoms. The van der Waals surface area contributed by atoms with E-state index < -0.39 is 12.0 Å². The highest BCUT2D eigenvalue weighted by molar-refractivity contribution is 5.92. The monoisotopic (exact) mass is 563 g/mol. The number of para-hydroxylation sites is 2. The van der Waals surface area contributed by atoms with Gasteiger partial charge in [-0.3, -0.25) is 9.69 Å². The average molecular weight is 564 g/mol. The van der Waals surface area contributed by atoms with Gasteiger partial charge in [-0.05, 0) is 48.5 Å². The quantitative estimate of drug-likeness (QED) is 0.249. The molecule has 0 spiro atoms. The lowest BCUT2D eigenvalue weighted by atomic mass is 10.2. The van der Waals surface area contributed by atoms with Crippen LogP contribution in [0.2, 0.25) is 0 Å². The zero-order chi connectivity index (χ0) is 28.6. The second-order valence-electron chi connectivity index (χ2n) is 9.93. The zero-order valence-electron chi connectivity index (χ0n) is 22.3. The van der Waals surface area contributed by atoms with Crippen LogP contribution in [0.1, 0.15) is 12.7 Å². The van der Waals surface area contributed by atoms with Gasteiger partial charge in [0.15, 0.2) is 0 Å². The molecule has 0 unspecified atom stereocenters. The van der Waals surface area contributed by atoms with Crippen LogP contribution >= 0.6 is 0 Å². The lowest BCUT2D eigenvalue weighted by Crippen LogP contribution is -2.47. The van der Waals surface area contributed by atoms with Crippen molar-refractivity contribution in [3.63, 3.8) is 0 Å². The number of aromatic nitrogens is 4. The summed E-state index contributed by atoms with van der Waals surface area (Å²) in [5.41, 5.74) is 5.03. The molecule has 0 radical (unpaired) electrons. The number of piperazine rings is 1. The van der Waals surface area contributed by atoms with E-state index in [0.717, 1.165) is 60.0 Å². The first-order valence-electron chi connectivity index (χ1n) is 13.3. The number of H-pyrrole nitrogens is 2. The summed E-state index contributed by atoms with van der Waals surface area (Å²) in [5, 5.41) is 2.77. The van der Waals surface area contributed by atoms with Crippen molar-refractivity contribution in [2.45, 2.75) is 13.1 Å². The predicted octanol–water partition coefficient (Wildman–Crippen LogP) is 5.28. The molecule has 12 heteroatoms. The lowest BCUT2D eigenvalue weighted by Gasteiger charge is -2.36. The lowest BCUT2D eigenvalue weighted by molar-refractivity contribution is -0.144. The largest absolute Gasteiger partial charge is 0.490 e. The van der Waals surface area contributed by atoms with Crippen LogP contribution < -0.4 is 15.0 Å². The Labute approximate surface area is 233 Å². The predicted molar refractivity (Wildman–Crippen MR) is 151 cm³/mol. The zero-order valence-corrected chi connectivity index (χ0v) is 22.3. The second kappa shape index (κ2) is 10.8. The number of ether oxygens (including phenoxy) is 1. The molecule has 3 N–H and O–H groups in total. The summed E-state index contributed by atoms with van der Waals surface area (Å²) in [6.45, 7) is 5.69. The number of benzene rings is 3. The van der Waals surface area contributed by atoms with E-state index in [1.165, 1.54) is 6.92 Å². The highest BCUT2D eigenvalue weighted by atomic mass is 19.4. The van der Waals surface area contributed by atoms with Crippen LogP contribution in [0.4, 0.5) is 24.5 Å². The first kappa shape index (κ1) is 26.6. The molecular formula is C29H28F3N7O2. The van der Waals surface area contributed by atoms with E-state index in [0.29, 0.717) is 24.4 Å². The summed E-state index contributed by atoms with van der Waals surface area (Å²) < 4.78 is 45.0. The molecule has 0 atom stereocenters. The number of carbonyl (C=O) groups excluding carboxylic acids is 1. The molecule has 212 valence electrons. The average Bonchev–Trinajstić information content (AvgIpc) is 3.59. The van der Waals surface area contributed by atoms with E-state index >= 15 is 0 Å². The highest BCUT2D eigenvalue weighted by Crippen LogP contribution is 2.32. The van der Waals surface area contributed by atoms with Crippen LogP contribution in [-0.2, 0) is 11.0 Å². The number of carbonyl (C=O) groups is 1. The van der Waals surface area contributed by atoms with Crippen molar-refractivity contribution in [1.29, 1.82) is 0 Å². The van der Waals surface area contributed by atoms with Crippen LogP contribution in [0, 0.1) is 0 Å². The van der Waals surface area contributed by atoms with Crippen LogP contribution in [-0.4, -0.2) is 70.1 Å². The molecule has 0 bridgehead atoms. The van der Waals surface area contributed by atoms with Crippen molar-refractivity contribution < 1.29 is 22.7 Å². The molecular weight excluding hydrogens is 535 g/mol. The number of amides is 1. The minimum Gasteiger partial charge on any atom is -0.490 e. The summed E-state index contributed by atoms with van der Waals surface area (Å²) in [4.78, 5) is 30.2. The van der Waals surface area contributed by atoms with E-state index in [-0.39, 0.29) is 11.4 Å². The van der Waals surface area contributed by atoms with Gasteiger partial charge in [-0.15, -0.1) is 0 Å². The van der Waals surface area contributed by atoms with Gasteiger partial charge in [0.25, 0.3) is 0 Å². The topological polar surface area (TPSA) is 102 Å². The maximum atomic E-state index is 13.1. The van der Waals surface area contributed by atoms with Gasteiger partial charge < -0.3 is 24.9 Å². The minimum absolute atomic E-state index is 0.117. The Morgan fingerprint density at radius 1 is 0.927 bits per heavy atom. The molecule has 3 heterocycles. The maximum absolute atomic E-state index is 13.1. The molecule has 5 aromatic rings. The summed E-state index contributed by atoms with van der Waals surface area (Å²) in [5.74, 6) is -0.0579. The second-order valence-corrected chi connectivity index (χ2v) is 9.93. The van der Waals surface area contributed by atoms with E-state index in [4.69, 9.17) is 9.72 Å². The number of nitrogens with zero attached hydrogens (tertiary/aromatic N) is 4. The molecule has 1 aliphatic heterocycles. The molecule has 1 saturated heterocycles. The van der Waals surface area contributed by atoms with Crippen molar-refractivity contribution in [3.05, 3.63) is 66.5 Å². The SMILES string of the molecule is CC(=O)Nc1ccc(-c2nc3c(N4CCN(CCOc5cccc6[nH]c(C(F)(F)F)nc56)CC4)cccc3[nH]2)cc1. The number of halogens is 3. The Morgan fingerprint density at radius 2 is 1.63 bits per heavy atom. The number of nitrogens with one attached hydrogen (secondary N) is 3. The van der Waals surface area contributed by atoms with Gasteiger partial charge in [0, 0.05) is 50.9 Å². The van der Waals surface area contributed by atoms with Crippen molar-refractivity contribution in [1.82, 2.24) is 24.8 Å². The highest BCUT2D eigenvalue weighted by Gasteiger charge is 2.35. The first-order chi connectivity index (χ1) is 19.7. The van der Waals surface area contributed by atoms with Crippen molar-refractivity contribution in [2.75, 3.05) is 49.5 Å². The van der Waals surface area contributed by atoms with Gasteiger partial charge in [0.05, 0.1) is 16.7 Å². The van der Waals surface area contributed by atoms with Crippen molar-refractivity contribution in [3.8, 4) is 17.1 Å². The van der Waals surface area contributed by atoms with E-state index in [9.17, 15) is 18.0 Å². The van der Waals surface area contributed by atoms with Crippen LogP contribution in [0.15, 0.2) is 60.7 Å². The number of aromatic amines is 2. The smallest absolute Gasteiger partial charge is 0.449 e. The van der Waals surface area contributed by atoms with Gasteiger partial charge in [-0.25, -0.2) is 9.97 Å². The molecule has 2 aromatic heterocycles. The number of rotatable bonds is 7. The summed E-state index contributed by atoms with van der Waals surface area (Å²) >= 11 is 0. The Morgan fingerprint density at radius 3 is 2.34 bits per heavy atom. The molecule has 1 fully saturated rings. The molecule has 6 rings (SSSR count). The summed E-state index contributed by atoms with van der Waals surface area (Å²) in [6, 6.07) is 18.5. The van der Waals surface area contributed by atoms with Gasteiger partial charge in [0.2, 0.25) is 11.7 Å². The summed E-state index contributed by atoms with van der Waals surface area (Å²) in [6.07, 6.45) is -4.54. The fourth-order valence-electron chi connectivity index (χ4n) is 5.08. The van der Waals surface area contributed by atoms with Crippen molar-refractivity contribution in [2.24, 2.45) is 0 Å². The third-order valence-electron chi connectivity index (χ3n) is 7.09. The number of hydrogen-bond acceptors (Lipinski definition) is 6.